The van der Waals surface area contributed by atoms with Gasteiger partial charge in [0.2, 0.25) is 0 Å². The Bertz CT molecular complexity index is 513. The highest BCUT2D eigenvalue weighted by Crippen LogP contribution is 2.23. The van der Waals surface area contributed by atoms with E-state index in [9.17, 15) is 8.78 Å². The molecule has 0 bridgehead atoms. The smallest absolute Gasteiger partial charge is 0.255 e. The molecule has 1 saturated heterocycles. The molecule has 1 unspecified atom stereocenters. The zero-order valence-corrected chi connectivity index (χ0v) is 15.1. The van der Waals surface area contributed by atoms with Gasteiger partial charge in [-0.1, -0.05) is 28.1 Å². The Morgan fingerprint density at radius 1 is 1.22 bits per heavy atom. The van der Waals surface area contributed by atoms with Gasteiger partial charge in [0, 0.05) is 43.7 Å². The molecule has 1 N–H and O–H groups in total. The lowest BCUT2D eigenvalue weighted by Crippen LogP contribution is -2.53. The molecular weight excluding hydrogens is 366 g/mol. The molecule has 128 valence electrons. The topological polar surface area (TPSA) is 30.9 Å². The minimum absolute atomic E-state index is 0.335. The lowest BCUT2D eigenvalue weighted by atomic mass is 10.1. The van der Waals surface area contributed by atoms with Crippen molar-refractivity contribution in [1.29, 1.82) is 0 Å². The van der Waals surface area contributed by atoms with Gasteiger partial charge in [0.15, 0.2) is 5.96 Å². The van der Waals surface area contributed by atoms with E-state index in [0.29, 0.717) is 12.0 Å². The second-order valence-electron chi connectivity index (χ2n) is 5.57. The van der Waals surface area contributed by atoms with E-state index in [1.54, 1.807) is 7.05 Å². The molecule has 23 heavy (non-hydrogen) atoms. The maximum Gasteiger partial charge on any atom is 0.255 e. The predicted octanol–water partition coefficient (Wildman–Crippen LogP) is 2.97. The first-order chi connectivity index (χ1) is 11.0. The summed E-state index contributed by atoms with van der Waals surface area (Å²) in [5, 5.41) is 2.72. The van der Waals surface area contributed by atoms with Crippen LogP contribution in [0, 0.1) is 0 Å². The molecule has 0 amide bonds. The highest BCUT2D eigenvalue weighted by atomic mass is 79.9. The maximum atomic E-state index is 12.3. The molecule has 0 aliphatic carbocycles. The first-order valence-corrected chi connectivity index (χ1v) is 8.54. The summed E-state index contributed by atoms with van der Waals surface area (Å²) in [7, 11) is 1.63. The van der Waals surface area contributed by atoms with Gasteiger partial charge in [-0.2, -0.15) is 0 Å². The third-order valence-corrected chi connectivity index (χ3v) is 4.67. The number of piperazine rings is 1. The van der Waals surface area contributed by atoms with Crippen molar-refractivity contribution in [1.82, 2.24) is 15.1 Å². The molecule has 7 heteroatoms. The number of alkyl halides is 2. The second-order valence-corrected chi connectivity index (χ2v) is 6.49. The van der Waals surface area contributed by atoms with Gasteiger partial charge < -0.3 is 10.2 Å². The van der Waals surface area contributed by atoms with E-state index in [1.807, 2.05) is 4.90 Å². The van der Waals surface area contributed by atoms with E-state index in [0.717, 1.165) is 30.7 Å². The van der Waals surface area contributed by atoms with Gasteiger partial charge in [-0.3, -0.25) is 9.89 Å². The van der Waals surface area contributed by atoms with Crippen molar-refractivity contribution in [2.75, 3.05) is 39.8 Å². The summed E-state index contributed by atoms with van der Waals surface area (Å²) in [6.45, 7) is 5.16. The molecule has 0 aromatic heterocycles. The van der Waals surface area contributed by atoms with Crippen LogP contribution in [-0.4, -0.2) is 62.0 Å². The van der Waals surface area contributed by atoms with Crippen LogP contribution in [0.5, 0.6) is 0 Å². The van der Waals surface area contributed by atoms with Gasteiger partial charge >= 0.3 is 0 Å². The third-order valence-electron chi connectivity index (χ3n) is 4.14. The molecule has 1 fully saturated rings. The number of nitrogens with zero attached hydrogens (tertiary/aromatic N) is 3. The van der Waals surface area contributed by atoms with E-state index in [4.69, 9.17) is 0 Å². The van der Waals surface area contributed by atoms with E-state index >= 15 is 0 Å². The standard InChI is InChI=1S/C16H23BrF2N4/c1-12(13-3-5-14(17)6-4-13)22-7-9-23(10-8-22)16(20-2)21-11-15(18)19/h3-6,12,15H,7-11H2,1-2H3,(H,20,21). The van der Waals surface area contributed by atoms with Crippen molar-refractivity contribution in [3.8, 4) is 0 Å². The summed E-state index contributed by atoms with van der Waals surface area (Å²) in [6.07, 6.45) is -2.37. The summed E-state index contributed by atoms with van der Waals surface area (Å²) in [6, 6.07) is 8.70. The van der Waals surface area contributed by atoms with E-state index < -0.39 is 6.43 Å². The fourth-order valence-corrected chi connectivity index (χ4v) is 3.04. The van der Waals surface area contributed by atoms with Crippen LogP contribution in [0.4, 0.5) is 8.78 Å². The van der Waals surface area contributed by atoms with Gasteiger partial charge in [0.1, 0.15) is 0 Å². The number of hydrogen-bond acceptors (Lipinski definition) is 2. The average Bonchev–Trinajstić information content (AvgIpc) is 2.56. The van der Waals surface area contributed by atoms with Crippen molar-refractivity contribution in [2.24, 2.45) is 4.99 Å². The van der Waals surface area contributed by atoms with Crippen LogP contribution in [0.1, 0.15) is 18.5 Å². The summed E-state index contributed by atoms with van der Waals surface area (Å²) >= 11 is 3.45. The van der Waals surface area contributed by atoms with Crippen molar-refractivity contribution in [3.63, 3.8) is 0 Å². The van der Waals surface area contributed by atoms with E-state index in [1.165, 1.54) is 5.56 Å². The van der Waals surface area contributed by atoms with Crippen LogP contribution in [0.15, 0.2) is 33.7 Å². The van der Waals surface area contributed by atoms with Crippen molar-refractivity contribution in [2.45, 2.75) is 19.4 Å². The Labute approximate surface area is 144 Å². The number of nitrogens with one attached hydrogen (secondary N) is 1. The molecule has 2 rings (SSSR count). The molecule has 0 spiro atoms. The van der Waals surface area contributed by atoms with Crippen molar-refractivity contribution < 1.29 is 8.78 Å². The normalized spacial score (nSPS) is 18.3. The lowest BCUT2D eigenvalue weighted by Gasteiger charge is -2.39. The minimum atomic E-state index is -2.37. The van der Waals surface area contributed by atoms with Crippen LogP contribution in [0.3, 0.4) is 0 Å². The van der Waals surface area contributed by atoms with Gasteiger partial charge in [0.25, 0.3) is 6.43 Å². The maximum absolute atomic E-state index is 12.3. The lowest BCUT2D eigenvalue weighted by molar-refractivity contribution is 0.132. The Kier molecular flexibility index (Phi) is 6.77. The molecule has 1 aliphatic heterocycles. The summed E-state index contributed by atoms with van der Waals surface area (Å²) in [4.78, 5) is 8.53. The van der Waals surface area contributed by atoms with Gasteiger partial charge in [0.05, 0.1) is 6.54 Å². The van der Waals surface area contributed by atoms with E-state index in [-0.39, 0.29) is 6.54 Å². The van der Waals surface area contributed by atoms with Crippen LogP contribution < -0.4 is 5.32 Å². The Balaban J connectivity index is 1.88. The van der Waals surface area contributed by atoms with Crippen LogP contribution in [-0.2, 0) is 0 Å². The SMILES string of the molecule is CN=C(NCC(F)F)N1CCN(C(C)c2ccc(Br)cc2)CC1. The minimum Gasteiger partial charge on any atom is -0.351 e. The third kappa shape index (κ3) is 5.14. The quantitative estimate of drug-likeness (QED) is 0.635. The van der Waals surface area contributed by atoms with Crippen molar-refractivity contribution in [3.05, 3.63) is 34.3 Å². The first kappa shape index (κ1) is 18.1. The molecule has 1 aliphatic rings. The van der Waals surface area contributed by atoms with Gasteiger partial charge in [-0.25, -0.2) is 8.78 Å². The molecule has 4 nitrogen and oxygen atoms in total. The number of aliphatic imine (C=N–C) groups is 1. The second kappa shape index (κ2) is 8.59. The zero-order chi connectivity index (χ0) is 16.8. The number of hydrogen-bond donors (Lipinski definition) is 1. The monoisotopic (exact) mass is 388 g/mol. The van der Waals surface area contributed by atoms with Crippen LogP contribution >= 0.6 is 15.9 Å². The van der Waals surface area contributed by atoms with Crippen LogP contribution in [0.25, 0.3) is 0 Å². The highest BCUT2D eigenvalue weighted by molar-refractivity contribution is 9.10. The predicted molar refractivity (Wildman–Crippen MR) is 93.1 cm³/mol. The number of halogens is 3. The van der Waals surface area contributed by atoms with Gasteiger partial charge in [-0.05, 0) is 24.6 Å². The molecule has 0 saturated carbocycles. The number of benzene rings is 1. The van der Waals surface area contributed by atoms with E-state index in [2.05, 4.69) is 62.3 Å². The first-order valence-electron chi connectivity index (χ1n) is 7.74. The summed E-state index contributed by atoms with van der Waals surface area (Å²) in [5.41, 5.74) is 1.28. The molecule has 1 atom stereocenters. The number of guanidine groups is 1. The zero-order valence-electron chi connectivity index (χ0n) is 13.5. The molecule has 1 aromatic carbocycles. The molecule has 1 aromatic rings. The average molecular weight is 389 g/mol. The Hall–Kier alpha value is -1.21. The van der Waals surface area contributed by atoms with Crippen LogP contribution in [0.2, 0.25) is 0 Å². The number of rotatable bonds is 4. The summed E-state index contributed by atoms with van der Waals surface area (Å²) < 4.78 is 25.7. The Morgan fingerprint density at radius 2 is 1.83 bits per heavy atom. The van der Waals surface area contributed by atoms with Gasteiger partial charge in [-0.15, -0.1) is 0 Å². The molecular formula is C16H23BrF2N4. The molecule has 0 radical (unpaired) electrons. The van der Waals surface area contributed by atoms with Crippen molar-refractivity contribution >= 4 is 21.9 Å². The fourth-order valence-electron chi connectivity index (χ4n) is 2.77. The summed E-state index contributed by atoms with van der Waals surface area (Å²) in [5.74, 6) is 0.557. The Morgan fingerprint density at radius 3 is 2.35 bits per heavy atom. The highest BCUT2D eigenvalue weighted by Gasteiger charge is 2.24. The fraction of sp³-hybridized carbons (Fsp3) is 0.562. The largest absolute Gasteiger partial charge is 0.351 e. The molecule has 1 heterocycles.